The maximum atomic E-state index is 12.2. The summed E-state index contributed by atoms with van der Waals surface area (Å²) < 4.78 is 2.61. The molecule has 0 saturated carbocycles. The Labute approximate surface area is 152 Å². The van der Waals surface area contributed by atoms with Crippen LogP contribution in [0.3, 0.4) is 0 Å². The lowest BCUT2D eigenvalue weighted by Gasteiger charge is -2.11. The summed E-state index contributed by atoms with van der Waals surface area (Å²) >= 11 is 3.20. The number of rotatable bonds is 5. The number of nitrogens with zero attached hydrogens (tertiary/aromatic N) is 4. The van der Waals surface area contributed by atoms with Crippen LogP contribution in [0.15, 0.2) is 35.1 Å². The first-order valence-electron chi connectivity index (χ1n) is 8.17. The Kier molecular flexibility index (Phi) is 4.32. The van der Waals surface area contributed by atoms with E-state index in [9.17, 15) is 4.79 Å². The SMILES string of the molecule is CCc1nn2c(=O)cc(C[NH+](C)Cc3nc4ccccc4s3)nc2s1. The maximum Gasteiger partial charge on any atom is 0.275 e. The lowest BCUT2D eigenvalue weighted by Crippen LogP contribution is -3.06. The number of para-hydroxylation sites is 1. The van der Waals surface area contributed by atoms with Crippen LogP contribution in [-0.4, -0.2) is 26.6 Å². The van der Waals surface area contributed by atoms with Gasteiger partial charge >= 0.3 is 0 Å². The van der Waals surface area contributed by atoms with Crippen LogP contribution in [0.25, 0.3) is 15.2 Å². The molecule has 0 aliphatic carbocycles. The average Bonchev–Trinajstić information content (AvgIpc) is 3.17. The molecule has 1 aromatic carbocycles. The Morgan fingerprint density at radius 2 is 1.96 bits per heavy atom. The first-order chi connectivity index (χ1) is 12.1. The molecule has 4 aromatic rings. The Morgan fingerprint density at radius 1 is 1.12 bits per heavy atom. The van der Waals surface area contributed by atoms with Crippen LogP contribution in [0.1, 0.15) is 22.6 Å². The fraction of sp³-hybridized carbons (Fsp3) is 0.294. The minimum absolute atomic E-state index is 0.108. The summed E-state index contributed by atoms with van der Waals surface area (Å²) in [6, 6.07) is 9.77. The van der Waals surface area contributed by atoms with Gasteiger partial charge in [0.05, 0.1) is 17.3 Å². The van der Waals surface area contributed by atoms with Crippen molar-refractivity contribution >= 4 is 37.9 Å². The molecule has 0 spiro atoms. The number of aryl methyl sites for hydroxylation is 1. The zero-order valence-electron chi connectivity index (χ0n) is 14.0. The molecule has 0 saturated heterocycles. The van der Waals surface area contributed by atoms with E-state index in [-0.39, 0.29) is 5.56 Å². The molecule has 6 nitrogen and oxygen atoms in total. The number of aromatic nitrogens is 4. The fourth-order valence-electron chi connectivity index (χ4n) is 2.75. The molecular weight excluding hydrogens is 354 g/mol. The minimum atomic E-state index is -0.108. The first-order valence-corrected chi connectivity index (χ1v) is 9.80. The molecule has 0 aliphatic heterocycles. The van der Waals surface area contributed by atoms with E-state index in [1.807, 2.05) is 25.1 Å². The summed E-state index contributed by atoms with van der Waals surface area (Å²) in [7, 11) is 2.10. The number of nitrogens with one attached hydrogen (secondary N) is 1. The molecule has 0 bridgehead atoms. The van der Waals surface area contributed by atoms with E-state index in [0.717, 1.165) is 34.2 Å². The van der Waals surface area contributed by atoms with Gasteiger partial charge in [0.25, 0.3) is 5.56 Å². The number of hydrogen-bond acceptors (Lipinski definition) is 6. The highest BCUT2D eigenvalue weighted by Gasteiger charge is 2.13. The zero-order chi connectivity index (χ0) is 17.4. The van der Waals surface area contributed by atoms with Crippen molar-refractivity contribution in [3.8, 4) is 0 Å². The van der Waals surface area contributed by atoms with Gasteiger partial charge in [0, 0.05) is 6.07 Å². The highest BCUT2D eigenvalue weighted by molar-refractivity contribution is 7.18. The summed E-state index contributed by atoms with van der Waals surface area (Å²) in [6.45, 7) is 3.52. The molecule has 128 valence electrons. The van der Waals surface area contributed by atoms with E-state index in [1.54, 1.807) is 17.4 Å². The van der Waals surface area contributed by atoms with E-state index in [4.69, 9.17) is 0 Å². The summed E-state index contributed by atoms with van der Waals surface area (Å²) in [4.78, 5) is 23.4. The summed E-state index contributed by atoms with van der Waals surface area (Å²) in [5, 5.41) is 6.32. The monoisotopic (exact) mass is 372 g/mol. The molecule has 0 amide bonds. The molecule has 3 heterocycles. The smallest absolute Gasteiger partial charge is 0.275 e. The van der Waals surface area contributed by atoms with Crippen molar-refractivity contribution in [2.45, 2.75) is 26.4 Å². The standard InChI is InChI=1S/C17H17N5OS2/c1-3-14-20-22-16(23)8-11(18-17(22)25-14)9-21(2)10-15-19-12-6-4-5-7-13(12)24-15/h4-8H,3,9-10H2,1-2H3/p+1. The van der Waals surface area contributed by atoms with E-state index in [1.165, 1.54) is 25.5 Å². The van der Waals surface area contributed by atoms with E-state index >= 15 is 0 Å². The van der Waals surface area contributed by atoms with Gasteiger partial charge in [-0.3, -0.25) is 4.79 Å². The van der Waals surface area contributed by atoms with Crippen LogP contribution in [-0.2, 0) is 19.5 Å². The summed E-state index contributed by atoms with van der Waals surface area (Å²) in [5.74, 6) is 0. The van der Waals surface area contributed by atoms with Gasteiger partial charge in [0.2, 0.25) is 4.96 Å². The van der Waals surface area contributed by atoms with Crippen LogP contribution < -0.4 is 10.5 Å². The molecule has 3 aromatic heterocycles. The van der Waals surface area contributed by atoms with E-state index in [0.29, 0.717) is 11.5 Å². The third-order valence-corrected chi connectivity index (χ3v) is 6.01. The van der Waals surface area contributed by atoms with Crippen molar-refractivity contribution < 1.29 is 4.90 Å². The third kappa shape index (κ3) is 3.33. The number of thiazole rings is 1. The Morgan fingerprint density at radius 3 is 2.76 bits per heavy atom. The number of fused-ring (bicyclic) bond motifs is 2. The summed E-state index contributed by atoms with van der Waals surface area (Å²) in [5.41, 5.74) is 1.74. The molecule has 0 aliphatic rings. The van der Waals surface area contributed by atoms with Crippen molar-refractivity contribution in [1.82, 2.24) is 19.6 Å². The van der Waals surface area contributed by atoms with Crippen molar-refractivity contribution in [1.29, 1.82) is 0 Å². The molecule has 4 rings (SSSR count). The van der Waals surface area contributed by atoms with Gasteiger partial charge in [-0.15, -0.1) is 11.3 Å². The fourth-order valence-corrected chi connectivity index (χ4v) is 4.69. The molecule has 8 heteroatoms. The molecule has 0 fully saturated rings. The number of hydrogen-bond donors (Lipinski definition) is 1. The van der Waals surface area contributed by atoms with Crippen molar-refractivity contribution in [2.75, 3.05) is 7.05 Å². The van der Waals surface area contributed by atoms with Gasteiger partial charge in [0.15, 0.2) is 0 Å². The van der Waals surface area contributed by atoms with Gasteiger partial charge in [-0.2, -0.15) is 9.61 Å². The molecule has 25 heavy (non-hydrogen) atoms. The quantitative estimate of drug-likeness (QED) is 0.577. The second-order valence-corrected chi connectivity index (χ2v) is 8.17. The van der Waals surface area contributed by atoms with Crippen LogP contribution in [0, 0.1) is 0 Å². The first kappa shape index (κ1) is 16.3. The van der Waals surface area contributed by atoms with Crippen molar-refractivity contribution in [3.63, 3.8) is 0 Å². The number of benzene rings is 1. The van der Waals surface area contributed by atoms with Gasteiger partial charge in [-0.1, -0.05) is 30.4 Å². The van der Waals surface area contributed by atoms with Crippen molar-refractivity contribution in [2.24, 2.45) is 0 Å². The largest absolute Gasteiger partial charge is 0.327 e. The highest BCUT2D eigenvalue weighted by atomic mass is 32.1. The molecule has 1 unspecified atom stereocenters. The van der Waals surface area contributed by atoms with E-state index < -0.39 is 0 Å². The van der Waals surface area contributed by atoms with Crippen LogP contribution >= 0.6 is 22.7 Å². The Bertz CT molecular complexity index is 1060. The second kappa shape index (κ2) is 6.62. The Hall–Kier alpha value is -2.16. The summed E-state index contributed by atoms with van der Waals surface area (Å²) in [6.07, 6.45) is 0.811. The van der Waals surface area contributed by atoms with Gasteiger partial charge in [-0.05, 0) is 18.6 Å². The predicted molar refractivity (Wildman–Crippen MR) is 100 cm³/mol. The zero-order valence-corrected chi connectivity index (χ0v) is 15.7. The Balaban J connectivity index is 1.54. The van der Waals surface area contributed by atoms with Crippen LogP contribution in [0.4, 0.5) is 0 Å². The van der Waals surface area contributed by atoms with Crippen molar-refractivity contribution in [3.05, 3.63) is 56.4 Å². The molecule has 1 N–H and O–H groups in total. The lowest BCUT2D eigenvalue weighted by molar-refractivity contribution is -0.908. The molecular formula is C17H18N5OS2+. The minimum Gasteiger partial charge on any atom is -0.327 e. The highest BCUT2D eigenvalue weighted by Crippen LogP contribution is 2.20. The van der Waals surface area contributed by atoms with Gasteiger partial charge in [0.1, 0.15) is 28.8 Å². The maximum absolute atomic E-state index is 12.2. The second-order valence-electron chi connectivity index (χ2n) is 6.02. The lowest BCUT2D eigenvalue weighted by atomic mass is 10.3. The average molecular weight is 372 g/mol. The normalized spacial score (nSPS) is 12.9. The van der Waals surface area contributed by atoms with Gasteiger partial charge < -0.3 is 4.90 Å². The number of quaternary nitrogens is 1. The van der Waals surface area contributed by atoms with Crippen LogP contribution in [0.5, 0.6) is 0 Å². The molecule has 1 atom stereocenters. The topological polar surface area (TPSA) is 64.6 Å². The van der Waals surface area contributed by atoms with Crippen LogP contribution in [0.2, 0.25) is 0 Å². The third-order valence-electron chi connectivity index (χ3n) is 3.92. The van der Waals surface area contributed by atoms with Gasteiger partial charge in [-0.25, -0.2) is 9.97 Å². The predicted octanol–water partition coefficient (Wildman–Crippen LogP) is 1.54. The van der Waals surface area contributed by atoms with E-state index in [2.05, 4.69) is 28.2 Å². The molecule has 0 radical (unpaired) electrons.